The molecule has 2 aromatic rings. The van der Waals surface area contributed by atoms with Crippen molar-refractivity contribution in [1.82, 2.24) is 0 Å². The first-order valence-electron chi connectivity index (χ1n) is 8.51. The van der Waals surface area contributed by atoms with Gasteiger partial charge in [-0.15, -0.1) is 0 Å². The fourth-order valence-electron chi connectivity index (χ4n) is 3.08. The summed E-state index contributed by atoms with van der Waals surface area (Å²) in [6.07, 6.45) is 1.39. The summed E-state index contributed by atoms with van der Waals surface area (Å²) in [5, 5.41) is 5.74. The van der Waals surface area contributed by atoms with Crippen molar-refractivity contribution >= 4 is 23.2 Å². The van der Waals surface area contributed by atoms with Gasteiger partial charge in [-0.05, 0) is 36.6 Å². The molecule has 6 heteroatoms. The van der Waals surface area contributed by atoms with Gasteiger partial charge in [0.25, 0.3) is 0 Å². The molecule has 1 aliphatic heterocycles. The van der Waals surface area contributed by atoms with E-state index >= 15 is 0 Å². The summed E-state index contributed by atoms with van der Waals surface area (Å²) in [7, 11) is 3.11. The fraction of sp³-hybridized carbons (Fsp3) is 0.300. The van der Waals surface area contributed by atoms with Crippen molar-refractivity contribution in [2.75, 3.05) is 24.9 Å². The zero-order valence-corrected chi connectivity index (χ0v) is 14.9. The molecule has 0 bridgehead atoms. The summed E-state index contributed by atoms with van der Waals surface area (Å²) < 4.78 is 10.4. The van der Waals surface area contributed by atoms with Crippen LogP contribution in [0.5, 0.6) is 11.5 Å². The van der Waals surface area contributed by atoms with Crippen LogP contribution in [0.4, 0.5) is 11.4 Å². The Morgan fingerprint density at radius 1 is 1.19 bits per heavy atom. The summed E-state index contributed by atoms with van der Waals surface area (Å²) >= 11 is 0. The molecule has 26 heavy (non-hydrogen) atoms. The molecule has 2 aromatic carbocycles. The van der Waals surface area contributed by atoms with E-state index in [0.717, 1.165) is 11.3 Å². The van der Waals surface area contributed by atoms with Crippen molar-refractivity contribution in [3.63, 3.8) is 0 Å². The van der Waals surface area contributed by atoms with Crippen LogP contribution in [0.3, 0.4) is 0 Å². The summed E-state index contributed by atoms with van der Waals surface area (Å²) in [4.78, 5) is 24.6. The van der Waals surface area contributed by atoms with E-state index in [0.29, 0.717) is 30.0 Å². The molecule has 2 N–H and O–H groups in total. The Hall–Kier alpha value is -3.02. The van der Waals surface area contributed by atoms with Crippen LogP contribution < -0.4 is 20.1 Å². The molecule has 6 nitrogen and oxygen atoms in total. The lowest BCUT2D eigenvalue weighted by Gasteiger charge is -2.24. The van der Waals surface area contributed by atoms with Crippen LogP contribution in [0.1, 0.15) is 18.4 Å². The van der Waals surface area contributed by atoms with E-state index in [1.807, 2.05) is 24.3 Å². The molecular weight excluding hydrogens is 332 g/mol. The normalized spacial score (nSPS) is 15.6. The SMILES string of the molecule is COc1ccc(OC)c(NC(=O)CCC2Cc3ccccc3NC2=O)c1. The lowest BCUT2D eigenvalue weighted by Crippen LogP contribution is -2.30. The Kier molecular flexibility index (Phi) is 5.41. The third-order valence-electron chi connectivity index (χ3n) is 4.51. The van der Waals surface area contributed by atoms with E-state index in [1.165, 1.54) is 0 Å². The zero-order valence-electron chi connectivity index (χ0n) is 14.9. The largest absolute Gasteiger partial charge is 0.497 e. The Morgan fingerprint density at radius 3 is 2.77 bits per heavy atom. The number of methoxy groups -OCH3 is 2. The second kappa shape index (κ2) is 7.91. The first-order chi connectivity index (χ1) is 12.6. The average molecular weight is 354 g/mol. The number of para-hydroxylation sites is 1. The number of rotatable bonds is 6. The van der Waals surface area contributed by atoms with E-state index in [9.17, 15) is 9.59 Å². The number of carbonyl (C=O) groups is 2. The van der Waals surface area contributed by atoms with Gasteiger partial charge in [0.05, 0.1) is 19.9 Å². The molecule has 0 saturated heterocycles. The lowest BCUT2D eigenvalue weighted by molar-refractivity contribution is -0.121. The predicted molar refractivity (Wildman–Crippen MR) is 99.7 cm³/mol. The van der Waals surface area contributed by atoms with Crippen LogP contribution in [-0.4, -0.2) is 26.0 Å². The molecule has 1 unspecified atom stereocenters. The van der Waals surface area contributed by atoms with Gasteiger partial charge in [0.1, 0.15) is 11.5 Å². The second-order valence-electron chi connectivity index (χ2n) is 6.20. The van der Waals surface area contributed by atoms with Crippen LogP contribution >= 0.6 is 0 Å². The van der Waals surface area contributed by atoms with Gasteiger partial charge in [0.2, 0.25) is 11.8 Å². The Bertz CT molecular complexity index is 819. The molecule has 0 aliphatic carbocycles. The minimum absolute atomic E-state index is 0.0320. The molecule has 1 heterocycles. The molecule has 2 amide bonds. The number of ether oxygens (including phenoxy) is 2. The quantitative estimate of drug-likeness (QED) is 0.835. The number of hydrogen-bond acceptors (Lipinski definition) is 4. The maximum absolute atomic E-state index is 12.3. The first-order valence-corrected chi connectivity index (χ1v) is 8.51. The van der Waals surface area contributed by atoms with Gasteiger partial charge in [-0.2, -0.15) is 0 Å². The van der Waals surface area contributed by atoms with Crippen LogP contribution in [0.25, 0.3) is 0 Å². The average Bonchev–Trinajstić information content (AvgIpc) is 2.66. The van der Waals surface area contributed by atoms with Crippen molar-refractivity contribution in [3.05, 3.63) is 48.0 Å². The van der Waals surface area contributed by atoms with E-state index in [4.69, 9.17) is 9.47 Å². The molecule has 3 rings (SSSR count). The van der Waals surface area contributed by atoms with Gasteiger partial charge in [0.15, 0.2) is 0 Å². The Labute approximate surface area is 152 Å². The number of benzene rings is 2. The molecule has 136 valence electrons. The van der Waals surface area contributed by atoms with Gasteiger partial charge in [-0.3, -0.25) is 9.59 Å². The second-order valence-corrected chi connectivity index (χ2v) is 6.20. The summed E-state index contributed by atoms with van der Waals surface area (Å²) in [6.45, 7) is 0. The molecular formula is C20H22N2O4. The molecule has 0 aromatic heterocycles. The van der Waals surface area contributed by atoms with Gasteiger partial charge >= 0.3 is 0 Å². The Morgan fingerprint density at radius 2 is 2.00 bits per heavy atom. The molecule has 1 atom stereocenters. The van der Waals surface area contributed by atoms with Gasteiger partial charge in [-0.25, -0.2) is 0 Å². The topological polar surface area (TPSA) is 76.7 Å². The maximum Gasteiger partial charge on any atom is 0.227 e. The van der Waals surface area contributed by atoms with Crippen LogP contribution in [0.15, 0.2) is 42.5 Å². The van der Waals surface area contributed by atoms with Gasteiger partial charge in [-0.1, -0.05) is 18.2 Å². The van der Waals surface area contributed by atoms with Gasteiger partial charge in [0, 0.05) is 24.1 Å². The highest BCUT2D eigenvalue weighted by Crippen LogP contribution is 2.30. The summed E-state index contributed by atoms with van der Waals surface area (Å²) in [6, 6.07) is 13.0. The molecule has 1 aliphatic rings. The standard InChI is InChI=1S/C20H22N2O4/c1-25-15-8-9-18(26-2)17(12-15)21-19(23)10-7-14-11-13-5-3-4-6-16(13)22-20(14)24/h3-6,8-9,12,14H,7,10-11H2,1-2H3,(H,21,23)(H,22,24). The van der Waals surface area contributed by atoms with Crippen LogP contribution in [0, 0.1) is 5.92 Å². The van der Waals surface area contributed by atoms with Crippen LogP contribution in [0.2, 0.25) is 0 Å². The smallest absolute Gasteiger partial charge is 0.227 e. The highest BCUT2D eigenvalue weighted by atomic mass is 16.5. The highest BCUT2D eigenvalue weighted by molar-refractivity contribution is 5.97. The number of amides is 2. The van der Waals surface area contributed by atoms with E-state index < -0.39 is 0 Å². The first kappa shape index (κ1) is 17.8. The van der Waals surface area contributed by atoms with Crippen molar-refractivity contribution < 1.29 is 19.1 Å². The summed E-state index contributed by atoms with van der Waals surface area (Å²) in [5.74, 6) is 0.786. The minimum atomic E-state index is -0.206. The van der Waals surface area contributed by atoms with Crippen LogP contribution in [-0.2, 0) is 16.0 Å². The molecule has 0 fully saturated rings. The van der Waals surface area contributed by atoms with Crippen molar-refractivity contribution in [3.8, 4) is 11.5 Å². The molecule has 0 radical (unpaired) electrons. The number of carbonyl (C=O) groups excluding carboxylic acids is 2. The van der Waals surface area contributed by atoms with Crippen molar-refractivity contribution in [2.24, 2.45) is 5.92 Å². The third-order valence-corrected chi connectivity index (χ3v) is 4.51. The summed E-state index contributed by atoms with van der Waals surface area (Å²) in [5.41, 5.74) is 2.52. The molecule has 0 spiro atoms. The Balaban J connectivity index is 1.60. The predicted octanol–water partition coefficient (Wildman–Crippen LogP) is 3.23. The lowest BCUT2D eigenvalue weighted by atomic mass is 9.89. The fourth-order valence-corrected chi connectivity index (χ4v) is 3.08. The monoisotopic (exact) mass is 354 g/mol. The van der Waals surface area contributed by atoms with Crippen molar-refractivity contribution in [2.45, 2.75) is 19.3 Å². The number of anilines is 2. The van der Waals surface area contributed by atoms with Gasteiger partial charge < -0.3 is 20.1 Å². The van der Waals surface area contributed by atoms with Crippen molar-refractivity contribution in [1.29, 1.82) is 0 Å². The highest BCUT2D eigenvalue weighted by Gasteiger charge is 2.26. The number of fused-ring (bicyclic) bond motifs is 1. The zero-order chi connectivity index (χ0) is 18.5. The number of hydrogen-bond donors (Lipinski definition) is 2. The minimum Gasteiger partial charge on any atom is -0.497 e. The van der Waals surface area contributed by atoms with E-state index in [2.05, 4.69) is 10.6 Å². The third kappa shape index (κ3) is 3.96. The maximum atomic E-state index is 12.3. The molecule has 0 saturated carbocycles. The van der Waals surface area contributed by atoms with E-state index in [-0.39, 0.29) is 24.2 Å². The number of nitrogens with one attached hydrogen (secondary N) is 2. The van der Waals surface area contributed by atoms with E-state index in [1.54, 1.807) is 32.4 Å².